The Bertz CT molecular complexity index is 607. The zero-order valence-electron chi connectivity index (χ0n) is 12.2. The van der Waals surface area contributed by atoms with Crippen LogP contribution >= 0.6 is 0 Å². The van der Waals surface area contributed by atoms with E-state index in [9.17, 15) is 17.2 Å². The highest BCUT2D eigenvalue weighted by molar-refractivity contribution is 7.88. The van der Waals surface area contributed by atoms with E-state index in [1.54, 1.807) is 7.05 Å². The minimum Gasteiger partial charge on any atom is -0.297 e. The highest BCUT2D eigenvalue weighted by Crippen LogP contribution is 2.20. The topological polar surface area (TPSA) is 40.6 Å². The van der Waals surface area contributed by atoms with Gasteiger partial charge in [-0.2, -0.15) is 0 Å². The summed E-state index contributed by atoms with van der Waals surface area (Å²) in [5, 5.41) is 0. The van der Waals surface area contributed by atoms with Crippen molar-refractivity contribution in [2.24, 2.45) is 0 Å². The van der Waals surface area contributed by atoms with Crippen molar-refractivity contribution in [3.05, 3.63) is 35.4 Å². The van der Waals surface area contributed by atoms with Crippen LogP contribution in [0.3, 0.4) is 0 Å². The van der Waals surface area contributed by atoms with Crippen LogP contribution in [0.2, 0.25) is 0 Å². The van der Waals surface area contributed by atoms with Crippen LogP contribution in [0.1, 0.15) is 18.4 Å². The molecule has 4 nitrogen and oxygen atoms in total. The summed E-state index contributed by atoms with van der Waals surface area (Å²) in [5.41, 5.74) is 0.430. The molecule has 1 atom stereocenters. The Kier molecular flexibility index (Phi) is 4.95. The predicted molar refractivity (Wildman–Crippen MR) is 77.3 cm³/mol. The molecule has 1 saturated heterocycles. The Hall–Kier alpha value is -1.05. The summed E-state index contributed by atoms with van der Waals surface area (Å²) in [6.07, 6.45) is 2.84. The van der Waals surface area contributed by atoms with Crippen molar-refractivity contribution in [3.63, 3.8) is 0 Å². The number of nitrogens with zero attached hydrogens (tertiary/aromatic N) is 2. The molecule has 0 bridgehead atoms. The van der Waals surface area contributed by atoms with Crippen molar-refractivity contribution in [1.82, 2.24) is 9.21 Å². The molecule has 0 unspecified atom stereocenters. The third-order valence-electron chi connectivity index (χ3n) is 3.93. The quantitative estimate of drug-likeness (QED) is 0.850. The van der Waals surface area contributed by atoms with Gasteiger partial charge < -0.3 is 0 Å². The highest BCUT2D eigenvalue weighted by Gasteiger charge is 2.28. The van der Waals surface area contributed by atoms with Crippen molar-refractivity contribution in [2.45, 2.75) is 25.4 Å². The van der Waals surface area contributed by atoms with Gasteiger partial charge in [-0.25, -0.2) is 21.5 Å². The Morgan fingerprint density at radius 1 is 1.38 bits per heavy atom. The molecule has 0 aliphatic carbocycles. The molecule has 1 aliphatic rings. The molecule has 0 saturated carbocycles. The minimum atomic E-state index is -3.23. The van der Waals surface area contributed by atoms with E-state index < -0.39 is 21.7 Å². The fourth-order valence-corrected chi connectivity index (χ4v) is 3.35. The first-order chi connectivity index (χ1) is 9.77. The molecule has 0 aromatic heterocycles. The van der Waals surface area contributed by atoms with Crippen LogP contribution in [0.4, 0.5) is 8.78 Å². The van der Waals surface area contributed by atoms with E-state index >= 15 is 0 Å². The molecule has 0 N–H and O–H groups in total. The summed E-state index contributed by atoms with van der Waals surface area (Å²) >= 11 is 0. The van der Waals surface area contributed by atoms with Gasteiger partial charge in [0.05, 0.1) is 6.26 Å². The average Bonchev–Trinajstić information content (AvgIpc) is 2.40. The van der Waals surface area contributed by atoms with Crippen LogP contribution in [0.25, 0.3) is 0 Å². The van der Waals surface area contributed by atoms with Gasteiger partial charge in [-0.15, -0.1) is 0 Å². The van der Waals surface area contributed by atoms with E-state index in [1.165, 1.54) is 22.7 Å². The predicted octanol–water partition coefficient (Wildman–Crippen LogP) is 1.82. The second-order valence-electron chi connectivity index (χ2n) is 5.55. The van der Waals surface area contributed by atoms with E-state index in [1.807, 2.05) is 4.90 Å². The number of likely N-dealkylation sites (N-methyl/N-ethyl adjacent to an activating group) is 1. The zero-order valence-corrected chi connectivity index (χ0v) is 13.0. The summed E-state index contributed by atoms with van der Waals surface area (Å²) in [7, 11) is -1.66. The molecular weight excluding hydrogens is 298 g/mol. The van der Waals surface area contributed by atoms with E-state index in [4.69, 9.17) is 0 Å². The second kappa shape index (κ2) is 6.37. The SMILES string of the molecule is CN([C@H]1CCCN(Cc2ccc(F)cc2F)C1)S(C)(=O)=O. The lowest BCUT2D eigenvalue weighted by atomic mass is 10.0. The van der Waals surface area contributed by atoms with Crippen LogP contribution < -0.4 is 0 Å². The van der Waals surface area contributed by atoms with Gasteiger partial charge in [0.1, 0.15) is 11.6 Å². The van der Waals surface area contributed by atoms with Gasteiger partial charge >= 0.3 is 0 Å². The Labute approximate surface area is 124 Å². The van der Waals surface area contributed by atoms with Crippen LogP contribution in [-0.2, 0) is 16.6 Å². The molecule has 0 spiro atoms. The molecule has 1 aliphatic heterocycles. The first-order valence-electron chi connectivity index (χ1n) is 6.86. The maximum absolute atomic E-state index is 13.7. The largest absolute Gasteiger partial charge is 0.297 e. The third-order valence-corrected chi connectivity index (χ3v) is 5.27. The van der Waals surface area contributed by atoms with E-state index in [2.05, 4.69) is 0 Å². The summed E-state index contributed by atoms with van der Waals surface area (Å²) in [6, 6.07) is 3.45. The minimum absolute atomic E-state index is 0.0998. The number of hydrogen-bond acceptors (Lipinski definition) is 3. The molecule has 1 heterocycles. The van der Waals surface area contributed by atoms with Crippen LogP contribution in [0.5, 0.6) is 0 Å². The molecule has 7 heteroatoms. The van der Waals surface area contributed by atoms with Crippen LogP contribution in [0.15, 0.2) is 18.2 Å². The Morgan fingerprint density at radius 2 is 2.10 bits per heavy atom. The first-order valence-corrected chi connectivity index (χ1v) is 8.71. The van der Waals surface area contributed by atoms with Gasteiger partial charge in [-0.1, -0.05) is 6.07 Å². The van der Waals surface area contributed by atoms with Gasteiger partial charge in [0, 0.05) is 37.8 Å². The van der Waals surface area contributed by atoms with Gasteiger partial charge in [0.25, 0.3) is 0 Å². The molecule has 1 aromatic rings. The lowest BCUT2D eigenvalue weighted by Gasteiger charge is -2.36. The smallest absolute Gasteiger partial charge is 0.211 e. The van der Waals surface area contributed by atoms with Gasteiger partial charge in [-0.05, 0) is 25.5 Å². The summed E-state index contributed by atoms with van der Waals surface area (Å²) in [4.78, 5) is 2.01. The molecule has 0 radical (unpaired) electrons. The molecule has 1 aromatic carbocycles. The standard InChI is InChI=1S/C14H20F2N2O2S/c1-17(21(2,19)20)13-4-3-7-18(10-13)9-11-5-6-12(15)8-14(11)16/h5-6,8,13H,3-4,7,9-10H2,1-2H3/t13-/m0/s1. The summed E-state index contributed by atoms with van der Waals surface area (Å²) < 4.78 is 51.1. The Balaban J connectivity index is 2.04. The molecule has 21 heavy (non-hydrogen) atoms. The first kappa shape index (κ1) is 16.3. The van der Waals surface area contributed by atoms with Crippen molar-refractivity contribution in [3.8, 4) is 0 Å². The second-order valence-corrected chi connectivity index (χ2v) is 7.59. The molecule has 118 valence electrons. The Morgan fingerprint density at radius 3 is 2.71 bits per heavy atom. The maximum Gasteiger partial charge on any atom is 0.211 e. The highest BCUT2D eigenvalue weighted by atomic mass is 32.2. The number of rotatable bonds is 4. The zero-order chi connectivity index (χ0) is 15.6. The van der Waals surface area contributed by atoms with E-state index in [-0.39, 0.29) is 6.04 Å². The van der Waals surface area contributed by atoms with Crippen LogP contribution in [-0.4, -0.2) is 50.1 Å². The monoisotopic (exact) mass is 318 g/mol. The molecule has 0 amide bonds. The fraction of sp³-hybridized carbons (Fsp3) is 0.571. The van der Waals surface area contributed by atoms with Crippen molar-refractivity contribution >= 4 is 10.0 Å². The van der Waals surface area contributed by atoms with E-state index in [0.29, 0.717) is 18.7 Å². The van der Waals surface area contributed by atoms with Crippen molar-refractivity contribution < 1.29 is 17.2 Å². The van der Waals surface area contributed by atoms with E-state index in [0.717, 1.165) is 25.5 Å². The number of sulfonamides is 1. The summed E-state index contributed by atoms with van der Waals surface area (Å²) in [6.45, 7) is 1.70. The molecular formula is C14H20F2N2O2S. The lowest BCUT2D eigenvalue weighted by Crippen LogP contribution is -2.47. The number of likely N-dealkylation sites (tertiary alicyclic amines) is 1. The number of benzene rings is 1. The third kappa shape index (κ3) is 4.21. The number of halogens is 2. The number of hydrogen-bond donors (Lipinski definition) is 0. The van der Waals surface area contributed by atoms with Crippen molar-refractivity contribution in [1.29, 1.82) is 0 Å². The van der Waals surface area contributed by atoms with Crippen molar-refractivity contribution in [2.75, 3.05) is 26.4 Å². The van der Waals surface area contributed by atoms with Gasteiger partial charge in [-0.3, -0.25) is 4.90 Å². The normalized spacial score (nSPS) is 20.9. The summed E-state index contributed by atoms with van der Waals surface area (Å²) in [5.74, 6) is -1.15. The molecule has 2 rings (SSSR count). The molecule has 1 fully saturated rings. The number of piperidine rings is 1. The van der Waals surface area contributed by atoms with Gasteiger partial charge in [0.15, 0.2) is 0 Å². The fourth-order valence-electron chi connectivity index (χ4n) is 2.63. The maximum atomic E-state index is 13.7. The van der Waals surface area contributed by atoms with Gasteiger partial charge in [0.2, 0.25) is 10.0 Å². The lowest BCUT2D eigenvalue weighted by molar-refractivity contribution is 0.152. The average molecular weight is 318 g/mol. The van der Waals surface area contributed by atoms with Crippen LogP contribution in [0, 0.1) is 11.6 Å².